The molecule has 0 spiro atoms. The molecule has 4 rings (SSSR count). The van der Waals surface area contributed by atoms with Gasteiger partial charge in [0.1, 0.15) is 4.75 Å². The summed E-state index contributed by atoms with van der Waals surface area (Å²) >= 11 is 0. The summed E-state index contributed by atoms with van der Waals surface area (Å²) < 4.78 is 28.2. The fraction of sp³-hybridized carbons (Fsp3) is 0.455. The monoisotopic (exact) mass is 369 g/mol. The molecule has 26 heavy (non-hydrogen) atoms. The Kier molecular flexibility index (Phi) is 4.44. The molecule has 1 saturated heterocycles. The molecule has 1 aromatic carbocycles. The average molecular weight is 370 g/mol. The summed E-state index contributed by atoms with van der Waals surface area (Å²) in [5.74, 6) is 0.249. The van der Waals surface area contributed by atoms with Crippen LogP contribution in [0, 0.1) is 6.92 Å². The molecule has 1 heterocycles. The van der Waals surface area contributed by atoms with Gasteiger partial charge in [0.05, 0.1) is 6.04 Å². The van der Waals surface area contributed by atoms with Crippen LogP contribution in [0.1, 0.15) is 49.7 Å². The predicted octanol–water partition coefficient (Wildman–Crippen LogP) is 4.48. The molecule has 0 bridgehead atoms. The van der Waals surface area contributed by atoms with E-state index in [0.29, 0.717) is 13.0 Å². The highest BCUT2D eigenvalue weighted by molar-refractivity contribution is 7.90. The number of benzene rings is 1. The first-order valence-electron chi connectivity index (χ1n) is 9.54. The van der Waals surface area contributed by atoms with Gasteiger partial charge in [0.2, 0.25) is 10.0 Å². The Morgan fingerprint density at radius 2 is 2.08 bits per heavy atom. The summed E-state index contributed by atoms with van der Waals surface area (Å²) in [6, 6.07) is 8.56. The summed E-state index contributed by atoms with van der Waals surface area (Å²) in [6.45, 7) is 4.56. The molecule has 138 valence electrons. The van der Waals surface area contributed by atoms with E-state index in [1.165, 1.54) is 16.7 Å². The van der Waals surface area contributed by atoms with Gasteiger partial charge in [-0.2, -0.15) is 4.31 Å². The number of fused-ring (bicyclic) bond motifs is 1. The van der Waals surface area contributed by atoms with Crippen LogP contribution >= 0.6 is 0 Å². The Bertz CT molecular complexity index is 896. The highest BCUT2D eigenvalue weighted by Crippen LogP contribution is 2.45. The van der Waals surface area contributed by atoms with E-state index in [9.17, 15) is 8.42 Å². The maximum absolute atomic E-state index is 13.6. The Hall–Kier alpha value is -1.65. The third kappa shape index (κ3) is 2.80. The van der Waals surface area contributed by atoms with Crippen LogP contribution in [0.3, 0.4) is 0 Å². The molecule has 0 N–H and O–H groups in total. The number of hydrogen-bond donors (Lipinski definition) is 0. The van der Waals surface area contributed by atoms with Crippen LogP contribution in [0.5, 0.6) is 0 Å². The van der Waals surface area contributed by atoms with E-state index in [2.05, 4.69) is 37.3 Å². The zero-order valence-corrected chi connectivity index (χ0v) is 16.4. The molecule has 2 aliphatic carbocycles. The lowest BCUT2D eigenvalue weighted by atomic mass is 9.80. The van der Waals surface area contributed by atoms with Gasteiger partial charge < -0.3 is 0 Å². The topological polar surface area (TPSA) is 37.4 Å². The maximum Gasteiger partial charge on any atom is 0.224 e. The van der Waals surface area contributed by atoms with Gasteiger partial charge in [-0.1, -0.05) is 65.8 Å². The first-order chi connectivity index (χ1) is 12.4. The van der Waals surface area contributed by atoms with Crippen molar-refractivity contribution in [1.82, 2.24) is 4.31 Å². The average Bonchev–Trinajstić information content (AvgIpc) is 3.07. The predicted molar refractivity (Wildman–Crippen MR) is 107 cm³/mol. The molecule has 3 aliphatic rings. The molecule has 4 heteroatoms. The Balaban J connectivity index is 1.73. The van der Waals surface area contributed by atoms with Crippen molar-refractivity contribution in [3.8, 4) is 0 Å². The van der Waals surface area contributed by atoms with E-state index in [4.69, 9.17) is 0 Å². The SMILES string of the molecule is Cc1cccc([C@@H]2CCC=C3CCN(S(=O)(=O)C4(C)C=CC=CC4)[C@H]32)c1. The van der Waals surface area contributed by atoms with Gasteiger partial charge in [-0.25, -0.2) is 8.42 Å². The van der Waals surface area contributed by atoms with Crippen LogP contribution in [-0.4, -0.2) is 30.1 Å². The smallest absolute Gasteiger partial charge is 0.211 e. The molecule has 1 unspecified atom stereocenters. The van der Waals surface area contributed by atoms with Crippen molar-refractivity contribution in [3.05, 3.63) is 71.3 Å². The molecular formula is C22H27NO2S. The molecule has 1 aromatic rings. The number of aryl methyl sites for hydroxylation is 1. The lowest BCUT2D eigenvalue weighted by molar-refractivity contribution is 0.337. The Morgan fingerprint density at radius 3 is 2.81 bits per heavy atom. The van der Waals surface area contributed by atoms with E-state index in [-0.39, 0.29) is 12.0 Å². The van der Waals surface area contributed by atoms with Gasteiger partial charge in [0, 0.05) is 12.5 Å². The van der Waals surface area contributed by atoms with Gasteiger partial charge in [-0.05, 0) is 45.1 Å². The van der Waals surface area contributed by atoms with Crippen LogP contribution in [0.2, 0.25) is 0 Å². The molecule has 1 fully saturated rings. The minimum Gasteiger partial charge on any atom is -0.211 e. The van der Waals surface area contributed by atoms with Crippen LogP contribution < -0.4 is 0 Å². The van der Waals surface area contributed by atoms with Crippen molar-refractivity contribution in [2.45, 2.75) is 56.2 Å². The second-order valence-corrected chi connectivity index (χ2v) is 10.3. The lowest BCUT2D eigenvalue weighted by Crippen LogP contribution is -2.49. The summed E-state index contributed by atoms with van der Waals surface area (Å²) in [5.41, 5.74) is 3.82. The zero-order chi connectivity index (χ0) is 18.4. The van der Waals surface area contributed by atoms with Crippen molar-refractivity contribution in [3.63, 3.8) is 0 Å². The molecule has 0 saturated carbocycles. The highest BCUT2D eigenvalue weighted by Gasteiger charge is 2.49. The fourth-order valence-electron chi connectivity index (χ4n) is 4.69. The third-order valence-corrected chi connectivity index (χ3v) is 8.67. The minimum absolute atomic E-state index is 0.0216. The normalized spacial score (nSPS) is 31.7. The highest BCUT2D eigenvalue weighted by atomic mass is 32.2. The number of hydrogen-bond acceptors (Lipinski definition) is 2. The number of rotatable bonds is 3. The van der Waals surface area contributed by atoms with Gasteiger partial charge in [-0.15, -0.1) is 0 Å². The molecule has 0 radical (unpaired) electrons. The zero-order valence-electron chi connectivity index (χ0n) is 15.6. The Morgan fingerprint density at radius 1 is 1.23 bits per heavy atom. The van der Waals surface area contributed by atoms with E-state index >= 15 is 0 Å². The largest absolute Gasteiger partial charge is 0.224 e. The van der Waals surface area contributed by atoms with Gasteiger partial charge in [0.15, 0.2) is 0 Å². The second kappa shape index (κ2) is 6.50. The van der Waals surface area contributed by atoms with Crippen LogP contribution in [0.4, 0.5) is 0 Å². The van der Waals surface area contributed by atoms with E-state index in [1.54, 1.807) is 0 Å². The first-order valence-corrected chi connectivity index (χ1v) is 11.0. The van der Waals surface area contributed by atoms with E-state index < -0.39 is 14.8 Å². The first kappa shape index (κ1) is 17.7. The van der Waals surface area contributed by atoms with E-state index in [0.717, 1.165) is 19.3 Å². The summed E-state index contributed by atoms with van der Waals surface area (Å²) in [4.78, 5) is 0. The van der Waals surface area contributed by atoms with Gasteiger partial charge in [0.25, 0.3) is 0 Å². The summed E-state index contributed by atoms with van der Waals surface area (Å²) in [5, 5.41) is 0. The van der Waals surface area contributed by atoms with Gasteiger partial charge in [-0.3, -0.25) is 0 Å². The quantitative estimate of drug-likeness (QED) is 0.737. The minimum atomic E-state index is -3.43. The lowest BCUT2D eigenvalue weighted by Gasteiger charge is -2.39. The standard InChI is InChI=1S/C22H27NO2S/c1-17-8-6-10-19(16-17)20-11-7-9-18-12-15-23(21(18)20)26(24,25)22(2)13-4-3-5-14-22/h3-6,8-10,13,16,20-21H,7,11-12,14-15H2,1-2H3/t20-,21+,22?/m0/s1. The van der Waals surface area contributed by atoms with Crippen molar-refractivity contribution in [2.24, 2.45) is 0 Å². The number of nitrogens with zero attached hydrogens (tertiary/aromatic N) is 1. The van der Waals surface area contributed by atoms with Crippen molar-refractivity contribution in [2.75, 3.05) is 6.54 Å². The third-order valence-electron chi connectivity index (χ3n) is 6.16. The van der Waals surface area contributed by atoms with Crippen LogP contribution in [0.15, 0.2) is 60.2 Å². The van der Waals surface area contributed by atoms with Crippen LogP contribution in [-0.2, 0) is 10.0 Å². The van der Waals surface area contributed by atoms with Crippen molar-refractivity contribution in [1.29, 1.82) is 0 Å². The molecule has 0 amide bonds. The Labute approximate surface area is 157 Å². The second-order valence-electron chi connectivity index (χ2n) is 7.99. The van der Waals surface area contributed by atoms with Crippen molar-refractivity contribution < 1.29 is 8.42 Å². The molecular weight excluding hydrogens is 342 g/mol. The molecule has 3 atom stereocenters. The maximum atomic E-state index is 13.6. The van der Waals surface area contributed by atoms with Gasteiger partial charge >= 0.3 is 0 Å². The molecule has 3 nitrogen and oxygen atoms in total. The summed E-state index contributed by atoms with van der Waals surface area (Å²) in [7, 11) is -3.43. The number of sulfonamides is 1. The van der Waals surface area contributed by atoms with Crippen LogP contribution in [0.25, 0.3) is 0 Å². The molecule has 0 aromatic heterocycles. The van der Waals surface area contributed by atoms with Crippen molar-refractivity contribution >= 4 is 10.0 Å². The van der Waals surface area contributed by atoms with E-state index in [1.807, 2.05) is 35.5 Å². The summed E-state index contributed by atoms with van der Waals surface area (Å²) in [6.07, 6.45) is 13.4. The number of allylic oxidation sites excluding steroid dienone is 4. The fourth-order valence-corrected chi connectivity index (χ4v) is 6.69. The molecule has 1 aliphatic heterocycles.